The number of anilines is 2. The van der Waals surface area contributed by atoms with E-state index < -0.39 is 52.2 Å². The highest BCUT2D eigenvalue weighted by atomic mass is 19.4. The number of nitrogens with one attached hydrogen (secondary N) is 3. The Morgan fingerprint density at radius 1 is 0.742 bits per heavy atom. The van der Waals surface area contributed by atoms with Gasteiger partial charge in [-0.1, -0.05) is 27.7 Å². The molecule has 4 aromatic rings. The molecule has 5 N–H and O–H groups in total. The summed E-state index contributed by atoms with van der Waals surface area (Å²) in [6.45, 7) is 12.3. The highest BCUT2D eigenvalue weighted by molar-refractivity contribution is 5.67. The van der Waals surface area contributed by atoms with Crippen LogP contribution in [-0.4, -0.2) is 52.6 Å². The number of nitrogens with zero attached hydrogens (tertiary/aromatic N) is 6. The van der Waals surface area contributed by atoms with E-state index in [9.17, 15) is 36.9 Å². The van der Waals surface area contributed by atoms with Crippen molar-refractivity contribution in [1.82, 2.24) is 25.7 Å². The second kappa shape index (κ2) is 15.0. The molecule has 8 rings (SSSR count). The Hall–Kier alpha value is -6.30. The molecule has 0 amide bonds. The van der Waals surface area contributed by atoms with E-state index in [-0.39, 0.29) is 64.6 Å². The third-order valence-corrected chi connectivity index (χ3v) is 13.0. The summed E-state index contributed by atoms with van der Waals surface area (Å²) in [6, 6.07) is 11.7. The van der Waals surface area contributed by atoms with Gasteiger partial charge in [-0.25, -0.2) is 10.2 Å². The van der Waals surface area contributed by atoms with Crippen LogP contribution < -0.4 is 30.3 Å². The van der Waals surface area contributed by atoms with Crippen LogP contribution in [0.3, 0.4) is 0 Å². The van der Waals surface area contributed by atoms with E-state index in [1.165, 1.54) is 0 Å². The molecule has 2 saturated heterocycles. The molecule has 2 fully saturated rings. The van der Waals surface area contributed by atoms with Crippen LogP contribution >= 0.6 is 0 Å². The summed E-state index contributed by atoms with van der Waals surface area (Å²) in [6.07, 6.45) is -7.41. The van der Waals surface area contributed by atoms with Crippen LogP contribution in [0.5, 0.6) is 11.8 Å². The number of rotatable bonds is 8. The number of halogens is 6. The second-order valence-electron chi connectivity index (χ2n) is 17.1. The maximum atomic E-state index is 14.9. The van der Waals surface area contributed by atoms with Gasteiger partial charge in [-0.3, -0.25) is 0 Å². The van der Waals surface area contributed by atoms with Crippen LogP contribution in [-0.2, 0) is 23.2 Å². The minimum atomic E-state index is -4.78. The molecule has 2 aromatic carbocycles. The van der Waals surface area contributed by atoms with E-state index in [0.717, 1.165) is 37.1 Å². The molecule has 3 atom stereocenters. The van der Waals surface area contributed by atoms with Crippen LogP contribution in [0, 0.1) is 48.3 Å². The molecule has 0 radical (unpaired) electrons. The average molecular weight is 861 g/mol. The first-order chi connectivity index (χ1) is 29.3. The molecule has 12 nitrogen and oxygen atoms in total. The van der Waals surface area contributed by atoms with Gasteiger partial charge in [0.05, 0.1) is 44.5 Å². The van der Waals surface area contributed by atoms with Crippen molar-refractivity contribution in [3.05, 3.63) is 104 Å². The number of fused-ring (bicyclic) bond motifs is 2. The van der Waals surface area contributed by atoms with E-state index in [1.54, 1.807) is 44.7 Å². The average Bonchev–Trinajstić information content (AvgIpc) is 4.05. The normalized spacial score (nSPS) is 22.7. The lowest BCUT2D eigenvalue weighted by Crippen LogP contribution is -2.44. The maximum absolute atomic E-state index is 14.9. The number of nitriles is 2. The molecule has 62 heavy (non-hydrogen) atoms. The molecule has 0 spiro atoms. The van der Waals surface area contributed by atoms with Crippen molar-refractivity contribution in [2.75, 3.05) is 36.0 Å². The van der Waals surface area contributed by atoms with Crippen molar-refractivity contribution in [3.63, 3.8) is 0 Å². The summed E-state index contributed by atoms with van der Waals surface area (Å²) in [4.78, 5) is 3.70. The molecule has 18 heteroatoms. The molecule has 4 aliphatic rings. The fourth-order valence-corrected chi connectivity index (χ4v) is 10.3. The van der Waals surface area contributed by atoms with Crippen molar-refractivity contribution in [2.24, 2.45) is 17.6 Å². The van der Waals surface area contributed by atoms with E-state index in [4.69, 9.17) is 15.2 Å². The van der Waals surface area contributed by atoms with Gasteiger partial charge in [0.15, 0.2) is 0 Å². The van der Waals surface area contributed by atoms with E-state index in [1.807, 2.05) is 18.7 Å². The predicted molar refractivity (Wildman–Crippen MR) is 217 cm³/mol. The van der Waals surface area contributed by atoms with Gasteiger partial charge < -0.3 is 30.3 Å². The fourth-order valence-electron chi connectivity index (χ4n) is 10.3. The molecule has 326 valence electrons. The monoisotopic (exact) mass is 860 g/mol. The molecule has 6 heterocycles. The lowest BCUT2D eigenvalue weighted by atomic mass is 9.61. The number of aromatic amines is 2. The molecule has 0 bridgehead atoms. The number of alkyl halides is 6. The first-order valence-corrected chi connectivity index (χ1v) is 20.5. The lowest BCUT2D eigenvalue weighted by molar-refractivity contribution is -0.138. The first-order valence-electron chi connectivity index (χ1n) is 20.5. The summed E-state index contributed by atoms with van der Waals surface area (Å²) in [5.74, 6) is -0.930. The topological polar surface area (TPSA) is 168 Å². The van der Waals surface area contributed by atoms with Gasteiger partial charge in [-0.05, 0) is 92.5 Å². The second-order valence-corrected chi connectivity index (χ2v) is 17.1. The Kier molecular flexibility index (Phi) is 10.2. The van der Waals surface area contributed by atoms with Gasteiger partial charge in [-0.15, -0.1) is 0 Å². The minimum absolute atomic E-state index is 0.0114. The Labute approximate surface area is 354 Å². The highest BCUT2D eigenvalue weighted by Gasteiger charge is 2.54. The molecular formula is C44H46F6N10O2. The zero-order chi connectivity index (χ0) is 44.7. The fraction of sp³-hybridized carbons (Fsp3) is 0.455. The zero-order valence-electron chi connectivity index (χ0n) is 35.0. The first kappa shape index (κ1) is 42.4. The smallest absolute Gasteiger partial charge is 0.416 e. The van der Waals surface area contributed by atoms with Crippen LogP contribution in [0.2, 0.25) is 0 Å². The number of benzene rings is 2. The third-order valence-electron chi connectivity index (χ3n) is 13.0. The minimum Gasteiger partial charge on any atom is -0.422 e. The van der Waals surface area contributed by atoms with Gasteiger partial charge in [-0.2, -0.15) is 47.1 Å². The summed E-state index contributed by atoms with van der Waals surface area (Å²) < 4.78 is 101. The lowest BCUT2D eigenvalue weighted by Gasteiger charge is -2.42. The van der Waals surface area contributed by atoms with Gasteiger partial charge in [0, 0.05) is 43.6 Å². The van der Waals surface area contributed by atoms with Crippen LogP contribution in [0.4, 0.5) is 37.7 Å². The predicted octanol–water partition coefficient (Wildman–Crippen LogP) is 8.35. The zero-order valence-corrected chi connectivity index (χ0v) is 35.0. The number of aryl methyl sites for hydroxylation is 2. The van der Waals surface area contributed by atoms with Gasteiger partial charge in [0.2, 0.25) is 23.5 Å². The van der Waals surface area contributed by atoms with Crippen LogP contribution in [0.25, 0.3) is 0 Å². The van der Waals surface area contributed by atoms with Crippen LogP contribution in [0.15, 0.2) is 59.3 Å². The van der Waals surface area contributed by atoms with E-state index in [2.05, 4.69) is 37.8 Å². The third kappa shape index (κ3) is 6.48. The molecule has 0 saturated carbocycles. The number of hydrogen-bond donors (Lipinski definition) is 4. The molecule has 4 aliphatic heterocycles. The van der Waals surface area contributed by atoms with Crippen molar-refractivity contribution < 1.29 is 35.8 Å². The molecular weight excluding hydrogens is 815 g/mol. The van der Waals surface area contributed by atoms with Crippen molar-refractivity contribution >= 4 is 11.4 Å². The number of H-pyrrole nitrogens is 2. The summed E-state index contributed by atoms with van der Waals surface area (Å²) in [5.41, 5.74) is 4.38. The SMILES string of the molecule is Cc1n[nH]c2c1[C@](c1cc(N3CCC(NC4=C(C#N)[C@](c5cc(N6CCCC6)cc(C(F)(F)F)c5)(C(C)C)c5c(C)n[nH]c5O4)C3)cc(C(F)(F)F)c1)(C(C)C)C(C#N)=C(N)O2. The molecule has 0 aliphatic carbocycles. The van der Waals surface area contributed by atoms with E-state index >= 15 is 0 Å². The van der Waals surface area contributed by atoms with Gasteiger partial charge in [0.1, 0.15) is 23.3 Å². The van der Waals surface area contributed by atoms with Gasteiger partial charge in [0.25, 0.3) is 0 Å². The quantitative estimate of drug-likeness (QED) is 0.126. The number of allylic oxidation sites excluding steroid dienone is 2. The Bertz CT molecular complexity index is 2590. The Balaban J connectivity index is 1.22. The highest BCUT2D eigenvalue weighted by Crippen LogP contribution is 2.56. The Morgan fingerprint density at radius 2 is 1.23 bits per heavy atom. The summed E-state index contributed by atoms with van der Waals surface area (Å²) >= 11 is 0. The number of nitrogens with two attached hydrogens (primary N) is 1. The van der Waals surface area contributed by atoms with E-state index in [0.29, 0.717) is 47.7 Å². The maximum Gasteiger partial charge on any atom is 0.416 e. The number of ether oxygens (including phenoxy) is 2. The summed E-state index contributed by atoms with van der Waals surface area (Å²) in [5, 5.41) is 39.2. The standard InChI is InChI=1S/C44H46F6N10O2/c1-22(2)41(33(19-51)37(53)61-39-35(41)24(5)55-57-39)26-13-29(44(48,49)50)18-32(16-26)60-12-9-30(21-60)54-38-34(20-52)42(23(3)4,36-25(6)56-58-40(36)62-38)27-14-28(43(45,46)47)17-31(15-27)59-10-7-8-11-59/h13-18,22-23,30,54H,7-12,21,53H2,1-6H3,(H,55,57)(H,56,58)/t30?,41-,42+/m0/s1. The van der Waals surface area contributed by atoms with Gasteiger partial charge >= 0.3 is 12.4 Å². The summed E-state index contributed by atoms with van der Waals surface area (Å²) in [7, 11) is 0. The molecule has 2 aromatic heterocycles. The van der Waals surface area contributed by atoms with Crippen LogP contribution in [0.1, 0.15) is 91.7 Å². The molecule has 1 unspecified atom stereocenters. The van der Waals surface area contributed by atoms with Crippen molar-refractivity contribution in [2.45, 2.75) is 90.0 Å². The number of hydrogen-bond acceptors (Lipinski definition) is 10. The Morgan fingerprint density at radius 3 is 1.71 bits per heavy atom. The van der Waals surface area contributed by atoms with Crippen molar-refractivity contribution in [1.29, 1.82) is 10.5 Å². The largest absolute Gasteiger partial charge is 0.422 e. The number of aromatic nitrogens is 4. The van der Waals surface area contributed by atoms with Crippen molar-refractivity contribution in [3.8, 4) is 23.9 Å².